The minimum Gasteiger partial charge on any atom is -0.0987 e. The Kier molecular flexibility index (Phi) is 3.96. The zero-order valence-corrected chi connectivity index (χ0v) is 11.4. The van der Waals surface area contributed by atoms with Crippen LogP contribution in [0, 0.1) is 5.41 Å². The Morgan fingerprint density at radius 1 is 1.19 bits per heavy atom. The minimum absolute atomic E-state index is 0.128. The molecular formula is C16H24. The molecule has 0 aromatic rings. The summed E-state index contributed by atoms with van der Waals surface area (Å²) < 4.78 is 0. The van der Waals surface area contributed by atoms with Gasteiger partial charge in [0.2, 0.25) is 0 Å². The molecule has 0 saturated heterocycles. The predicted molar refractivity (Wildman–Crippen MR) is 73.4 cm³/mol. The first-order chi connectivity index (χ1) is 7.54. The van der Waals surface area contributed by atoms with Gasteiger partial charge in [-0.15, -0.1) is 0 Å². The Balaban J connectivity index is 3.42. The van der Waals surface area contributed by atoms with E-state index in [9.17, 15) is 0 Å². The van der Waals surface area contributed by atoms with Gasteiger partial charge in [-0.2, -0.15) is 0 Å². The van der Waals surface area contributed by atoms with Crippen molar-refractivity contribution in [1.82, 2.24) is 0 Å². The van der Waals surface area contributed by atoms with Gasteiger partial charge in [0, 0.05) is 5.41 Å². The molecule has 0 N–H and O–H groups in total. The van der Waals surface area contributed by atoms with E-state index in [4.69, 9.17) is 0 Å². The van der Waals surface area contributed by atoms with Crippen molar-refractivity contribution in [3.63, 3.8) is 0 Å². The molecule has 0 saturated carbocycles. The second-order valence-electron chi connectivity index (χ2n) is 4.88. The van der Waals surface area contributed by atoms with Crippen LogP contribution in [0.25, 0.3) is 0 Å². The lowest BCUT2D eigenvalue weighted by Gasteiger charge is -2.23. The average Bonchev–Trinajstić information content (AvgIpc) is 2.45. The second-order valence-corrected chi connectivity index (χ2v) is 4.88. The fourth-order valence-corrected chi connectivity index (χ4v) is 2.91. The van der Waals surface area contributed by atoms with Crippen LogP contribution in [-0.2, 0) is 0 Å². The van der Waals surface area contributed by atoms with Crippen LogP contribution in [0.15, 0.2) is 47.1 Å². The van der Waals surface area contributed by atoms with Crippen LogP contribution in [0.1, 0.15) is 47.5 Å². The maximum absolute atomic E-state index is 4.00. The van der Waals surface area contributed by atoms with E-state index < -0.39 is 0 Å². The first kappa shape index (κ1) is 13.0. The molecule has 0 heterocycles. The van der Waals surface area contributed by atoms with E-state index in [1.807, 2.05) is 6.08 Å². The topological polar surface area (TPSA) is 0 Å². The van der Waals surface area contributed by atoms with E-state index in [1.165, 1.54) is 28.7 Å². The molecule has 1 rings (SSSR count). The van der Waals surface area contributed by atoms with Gasteiger partial charge < -0.3 is 0 Å². The van der Waals surface area contributed by atoms with Crippen molar-refractivity contribution in [3.8, 4) is 0 Å². The van der Waals surface area contributed by atoms with Crippen molar-refractivity contribution in [2.45, 2.75) is 47.5 Å². The summed E-state index contributed by atoms with van der Waals surface area (Å²) in [5.41, 5.74) is 5.93. The Bertz CT molecular complexity index is 373. The van der Waals surface area contributed by atoms with E-state index in [1.54, 1.807) is 0 Å². The molecule has 0 amide bonds. The van der Waals surface area contributed by atoms with Gasteiger partial charge in [0.25, 0.3) is 0 Å². The molecule has 0 bridgehead atoms. The van der Waals surface area contributed by atoms with Gasteiger partial charge in [-0.3, -0.25) is 0 Å². The molecule has 0 aliphatic heterocycles. The highest BCUT2D eigenvalue weighted by molar-refractivity contribution is 5.63. The highest BCUT2D eigenvalue weighted by Crippen LogP contribution is 2.51. The molecule has 1 aliphatic rings. The van der Waals surface area contributed by atoms with Gasteiger partial charge in [0.15, 0.2) is 0 Å². The third-order valence-electron chi connectivity index (χ3n) is 3.57. The van der Waals surface area contributed by atoms with Crippen LogP contribution < -0.4 is 0 Å². The fraction of sp³-hybridized carbons (Fsp3) is 0.500. The highest BCUT2D eigenvalue weighted by atomic mass is 14.4. The Labute approximate surface area is 100 Å². The Hall–Kier alpha value is -1.04. The number of hydrogen-bond acceptors (Lipinski definition) is 0. The quantitative estimate of drug-likeness (QED) is 0.608. The monoisotopic (exact) mass is 216 g/mol. The summed E-state index contributed by atoms with van der Waals surface area (Å²) in [5.74, 6) is 0. The van der Waals surface area contributed by atoms with Gasteiger partial charge in [-0.25, -0.2) is 0 Å². The smallest absolute Gasteiger partial charge is 0.0151 e. The summed E-state index contributed by atoms with van der Waals surface area (Å²) in [7, 11) is 0. The number of hydrogen-bond donors (Lipinski definition) is 0. The highest BCUT2D eigenvalue weighted by Gasteiger charge is 2.37. The fourth-order valence-electron chi connectivity index (χ4n) is 2.91. The predicted octanol–water partition coefficient (Wildman–Crippen LogP) is 5.20. The van der Waals surface area contributed by atoms with Gasteiger partial charge in [0.05, 0.1) is 0 Å². The van der Waals surface area contributed by atoms with E-state index in [-0.39, 0.29) is 5.41 Å². The summed E-state index contributed by atoms with van der Waals surface area (Å²) in [5, 5.41) is 0. The molecule has 0 nitrogen and oxygen atoms in total. The summed E-state index contributed by atoms with van der Waals surface area (Å²) >= 11 is 0. The van der Waals surface area contributed by atoms with Crippen molar-refractivity contribution in [3.05, 3.63) is 47.1 Å². The van der Waals surface area contributed by atoms with Crippen LogP contribution in [-0.4, -0.2) is 0 Å². The summed E-state index contributed by atoms with van der Waals surface area (Å²) in [6, 6.07) is 0. The molecular weight excluding hydrogens is 192 g/mol. The first-order valence-electron chi connectivity index (χ1n) is 6.24. The lowest BCUT2D eigenvalue weighted by Crippen LogP contribution is -2.12. The van der Waals surface area contributed by atoms with Crippen molar-refractivity contribution in [1.29, 1.82) is 0 Å². The SMILES string of the molecule is C=CC1=C(CCC)C(=C/C)/C(=C\C)C1(C)C. The van der Waals surface area contributed by atoms with Gasteiger partial charge in [-0.1, -0.05) is 52.0 Å². The molecule has 0 aromatic heterocycles. The van der Waals surface area contributed by atoms with Crippen molar-refractivity contribution in [2.24, 2.45) is 5.41 Å². The van der Waals surface area contributed by atoms with Gasteiger partial charge in [-0.05, 0) is 42.6 Å². The minimum atomic E-state index is 0.128. The zero-order valence-electron chi connectivity index (χ0n) is 11.4. The normalized spacial score (nSPS) is 24.6. The molecule has 0 heteroatoms. The lowest BCUT2D eigenvalue weighted by atomic mass is 9.80. The van der Waals surface area contributed by atoms with Crippen LogP contribution in [0.3, 0.4) is 0 Å². The van der Waals surface area contributed by atoms with Gasteiger partial charge >= 0.3 is 0 Å². The molecule has 1 aliphatic carbocycles. The van der Waals surface area contributed by atoms with Crippen molar-refractivity contribution >= 4 is 0 Å². The number of allylic oxidation sites excluding steroid dienone is 7. The lowest BCUT2D eigenvalue weighted by molar-refractivity contribution is 0.576. The Morgan fingerprint density at radius 2 is 1.81 bits per heavy atom. The summed E-state index contributed by atoms with van der Waals surface area (Å²) in [4.78, 5) is 0. The van der Waals surface area contributed by atoms with E-state index in [0.717, 1.165) is 6.42 Å². The van der Waals surface area contributed by atoms with Gasteiger partial charge in [0.1, 0.15) is 0 Å². The summed E-state index contributed by atoms with van der Waals surface area (Å²) in [6.45, 7) is 15.1. The average molecular weight is 216 g/mol. The molecule has 0 fully saturated rings. The van der Waals surface area contributed by atoms with Crippen LogP contribution in [0.5, 0.6) is 0 Å². The second kappa shape index (κ2) is 4.86. The largest absolute Gasteiger partial charge is 0.0987 e. The molecule has 16 heavy (non-hydrogen) atoms. The molecule has 0 unspecified atom stereocenters. The standard InChI is InChI=1S/C16H24/c1-7-11-13-12(8-2)14(9-3)16(5,6)15(13)10-4/h8-10H,4,7,11H2,1-3,5-6H3/b12-8-,14-9+. The maximum atomic E-state index is 4.00. The van der Waals surface area contributed by atoms with Crippen molar-refractivity contribution in [2.75, 3.05) is 0 Å². The van der Waals surface area contributed by atoms with E-state index in [0.29, 0.717) is 0 Å². The van der Waals surface area contributed by atoms with Crippen LogP contribution in [0.2, 0.25) is 0 Å². The van der Waals surface area contributed by atoms with Crippen LogP contribution >= 0.6 is 0 Å². The van der Waals surface area contributed by atoms with E-state index >= 15 is 0 Å². The molecule has 0 spiro atoms. The van der Waals surface area contributed by atoms with Crippen LogP contribution in [0.4, 0.5) is 0 Å². The molecule has 0 atom stereocenters. The third-order valence-corrected chi connectivity index (χ3v) is 3.57. The van der Waals surface area contributed by atoms with Crippen molar-refractivity contribution < 1.29 is 0 Å². The van der Waals surface area contributed by atoms with E-state index in [2.05, 4.69) is 53.3 Å². The molecule has 0 radical (unpaired) electrons. The third kappa shape index (κ3) is 1.81. The first-order valence-corrected chi connectivity index (χ1v) is 6.24. The molecule has 88 valence electrons. The maximum Gasteiger partial charge on any atom is 0.0151 e. The number of rotatable bonds is 3. The Morgan fingerprint density at radius 3 is 2.19 bits per heavy atom. The summed E-state index contributed by atoms with van der Waals surface area (Å²) in [6.07, 6.45) is 8.89. The zero-order chi connectivity index (χ0) is 12.3. The molecule has 0 aromatic carbocycles.